The van der Waals surface area contributed by atoms with Gasteiger partial charge in [0.05, 0.1) is 7.11 Å². The van der Waals surface area contributed by atoms with E-state index >= 15 is 0 Å². The molecule has 0 atom stereocenters. The van der Waals surface area contributed by atoms with Crippen molar-refractivity contribution >= 4 is 11.1 Å². The van der Waals surface area contributed by atoms with Gasteiger partial charge in [-0.3, -0.25) is 0 Å². The number of para-hydroxylation sites is 2. The van der Waals surface area contributed by atoms with Crippen molar-refractivity contribution in [2.24, 2.45) is 0 Å². The maximum atomic E-state index is 13.8. The lowest BCUT2D eigenvalue weighted by molar-refractivity contribution is 0.386. The van der Waals surface area contributed by atoms with Crippen LogP contribution in [0.25, 0.3) is 11.1 Å². The second-order valence-corrected chi connectivity index (χ2v) is 5.47. The van der Waals surface area contributed by atoms with Gasteiger partial charge in [-0.25, -0.2) is 14.1 Å². The molecular formula is C17H14FN5O2. The molecule has 0 spiro atoms. The SMILES string of the molecule is COc1ccc(Cc2nnnn2Cc2nc3ccccc3o2)cc1F. The van der Waals surface area contributed by atoms with Gasteiger partial charge in [-0.15, -0.1) is 5.10 Å². The van der Waals surface area contributed by atoms with Gasteiger partial charge >= 0.3 is 0 Å². The van der Waals surface area contributed by atoms with Crippen LogP contribution < -0.4 is 4.74 Å². The first-order chi connectivity index (χ1) is 12.2. The lowest BCUT2D eigenvalue weighted by atomic mass is 10.1. The van der Waals surface area contributed by atoms with Gasteiger partial charge in [-0.05, 0) is 40.3 Å². The summed E-state index contributed by atoms with van der Waals surface area (Å²) in [6.45, 7) is 0.301. The minimum Gasteiger partial charge on any atom is -0.494 e. The predicted molar refractivity (Wildman–Crippen MR) is 86.7 cm³/mol. The van der Waals surface area contributed by atoms with E-state index in [4.69, 9.17) is 9.15 Å². The normalized spacial score (nSPS) is 11.1. The Bertz CT molecular complexity index is 994. The average molecular weight is 339 g/mol. The van der Waals surface area contributed by atoms with E-state index in [1.807, 2.05) is 24.3 Å². The number of fused-ring (bicyclic) bond motifs is 1. The highest BCUT2D eigenvalue weighted by molar-refractivity contribution is 5.72. The highest BCUT2D eigenvalue weighted by atomic mass is 19.1. The molecule has 126 valence electrons. The molecule has 2 aromatic heterocycles. The van der Waals surface area contributed by atoms with Crippen LogP contribution in [0.15, 0.2) is 46.9 Å². The van der Waals surface area contributed by atoms with Gasteiger partial charge in [-0.2, -0.15) is 0 Å². The lowest BCUT2D eigenvalue weighted by Gasteiger charge is -2.05. The van der Waals surface area contributed by atoms with Gasteiger partial charge < -0.3 is 9.15 Å². The first kappa shape index (κ1) is 15.3. The maximum absolute atomic E-state index is 13.8. The van der Waals surface area contributed by atoms with E-state index in [1.54, 1.807) is 16.8 Å². The minimum absolute atomic E-state index is 0.204. The first-order valence-corrected chi connectivity index (χ1v) is 7.65. The van der Waals surface area contributed by atoms with Gasteiger partial charge in [0.25, 0.3) is 0 Å². The Morgan fingerprint density at radius 3 is 2.88 bits per heavy atom. The number of methoxy groups -OCH3 is 1. The highest BCUT2D eigenvalue weighted by Crippen LogP contribution is 2.20. The molecule has 0 bridgehead atoms. The third-order valence-corrected chi connectivity index (χ3v) is 3.81. The number of halogens is 1. The molecule has 0 amide bonds. The molecule has 0 N–H and O–H groups in total. The fourth-order valence-corrected chi connectivity index (χ4v) is 2.59. The van der Waals surface area contributed by atoms with E-state index < -0.39 is 5.82 Å². The Morgan fingerprint density at radius 2 is 2.08 bits per heavy atom. The van der Waals surface area contributed by atoms with Crippen LogP contribution in [-0.4, -0.2) is 32.3 Å². The fourth-order valence-electron chi connectivity index (χ4n) is 2.59. The van der Waals surface area contributed by atoms with E-state index in [-0.39, 0.29) is 5.75 Å². The monoisotopic (exact) mass is 339 g/mol. The molecule has 0 unspecified atom stereocenters. The lowest BCUT2D eigenvalue weighted by Crippen LogP contribution is -2.08. The molecule has 2 aromatic carbocycles. The third kappa shape index (κ3) is 3.06. The molecule has 0 aliphatic carbocycles. The number of oxazole rings is 1. The first-order valence-electron chi connectivity index (χ1n) is 7.65. The number of tetrazole rings is 1. The molecule has 4 rings (SSSR count). The summed E-state index contributed by atoms with van der Waals surface area (Å²) < 4.78 is 26.0. The molecule has 4 aromatic rings. The van der Waals surface area contributed by atoms with Gasteiger partial charge in [0.15, 0.2) is 23.0 Å². The zero-order chi connectivity index (χ0) is 17.2. The molecule has 0 radical (unpaired) electrons. The number of ether oxygens (including phenoxy) is 1. The van der Waals surface area contributed by atoms with E-state index in [0.717, 1.165) is 11.1 Å². The van der Waals surface area contributed by atoms with E-state index in [2.05, 4.69) is 20.5 Å². The van der Waals surface area contributed by atoms with Crippen molar-refractivity contribution in [3.8, 4) is 5.75 Å². The molecular weight excluding hydrogens is 325 g/mol. The van der Waals surface area contributed by atoms with E-state index in [1.165, 1.54) is 13.2 Å². The zero-order valence-electron chi connectivity index (χ0n) is 13.4. The number of aromatic nitrogens is 5. The second kappa shape index (κ2) is 6.31. The van der Waals surface area contributed by atoms with Crippen LogP contribution in [0.3, 0.4) is 0 Å². The van der Waals surface area contributed by atoms with Crippen molar-refractivity contribution in [3.63, 3.8) is 0 Å². The largest absolute Gasteiger partial charge is 0.494 e. The second-order valence-electron chi connectivity index (χ2n) is 5.47. The molecule has 2 heterocycles. The average Bonchev–Trinajstić information content (AvgIpc) is 3.21. The Kier molecular flexibility index (Phi) is 3.85. The Hall–Kier alpha value is -3.29. The number of hydrogen-bond acceptors (Lipinski definition) is 6. The predicted octanol–water partition coefficient (Wildman–Crippen LogP) is 2.60. The van der Waals surface area contributed by atoms with Crippen molar-refractivity contribution in [1.82, 2.24) is 25.2 Å². The van der Waals surface area contributed by atoms with Crippen LogP contribution in [-0.2, 0) is 13.0 Å². The van der Waals surface area contributed by atoms with Crippen molar-refractivity contribution in [1.29, 1.82) is 0 Å². The summed E-state index contributed by atoms with van der Waals surface area (Å²) in [4.78, 5) is 4.41. The summed E-state index contributed by atoms with van der Waals surface area (Å²) in [5.41, 5.74) is 2.24. The molecule has 0 fully saturated rings. The van der Waals surface area contributed by atoms with Crippen molar-refractivity contribution in [3.05, 3.63) is 65.6 Å². The number of hydrogen-bond donors (Lipinski definition) is 0. The smallest absolute Gasteiger partial charge is 0.217 e. The Balaban J connectivity index is 1.57. The third-order valence-electron chi connectivity index (χ3n) is 3.81. The molecule has 0 aliphatic rings. The van der Waals surface area contributed by atoms with Crippen molar-refractivity contribution in [2.75, 3.05) is 7.11 Å². The summed E-state index contributed by atoms with van der Waals surface area (Å²) in [6, 6.07) is 12.3. The van der Waals surface area contributed by atoms with Crippen LogP contribution >= 0.6 is 0 Å². The topological polar surface area (TPSA) is 78.9 Å². The summed E-state index contributed by atoms with van der Waals surface area (Å²) in [7, 11) is 1.43. The van der Waals surface area contributed by atoms with E-state index in [0.29, 0.717) is 30.3 Å². The molecule has 0 aliphatic heterocycles. The van der Waals surface area contributed by atoms with E-state index in [9.17, 15) is 4.39 Å². The quantitative estimate of drug-likeness (QED) is 0.556. The highest BCUT2D eigenvalue weighted by Gasteiger charge is 2.13. The molecule has 7 nitrogen and oxygen atoms in total. The Morgan fingerprint density at radius 1 is 1.20 bits per heavy atom. The summed E-state index contributed by atoms with van der Waals surface area (Å²) in [5, 5.41) is 11.7. The van der Waals surface area contributed by atoms with Gasteiger partial charge in [-0.1, -0.05) is 18.2 Å². The fraction of sp³-hybridized carbons (Fsp3) is 0.176. The van der Waals surface area contributed by atoms with Crippen LogP contribution in [0.2, 0.25) is 0 Å². The summed E-state index contributed by atoms with van der Waals surface area (Å²) in [6.07, 6.45) is 0.383. The molecule has 0 saturated heterocycles. The van der Waals surface area contributed by atoms with Crippen LogP contribution in [0.1, 0.15) is 17.3 Å². The van der Waals surface area contributed by atoms with Gasteiger partial charge in [0.2, 0.25) is 5.89 Å². The molecule has 8 heteroatoms. The molecule has 25 heavy (non-hydrogen) atoms. The maximum Gasteiger partial charge on any atom is 0.217 e. The molecule has 0 saturated carbocycles. The van der Waals surface area contributed by atoms with Crippen LogP contribution in [0.4, 0.5) is 4.39 Å². The zero-order valence-corrected chi connectivity index (χ0v) is 13.4. The van der Waals surface area contributed by atoms with Crippen molar-refractivity contribution < 1.29 is 13.5 Å². The Labute approximate surface area is 142 Å². The van der Waals surface area contributed by atoms with Crippen LogP contribution in [0.5, 0.6) is 5.75 Å². The minimum atomic E-state index is -0.419. The standard InChI is InChI=1S/C17H14FN5O2/c1-24-14-7-6-11(8-12(14)18)9-16-20-21-22-23(16)10-17-19-13-4-2-3-5-15(13)25-17/h2-8H,9-10H2,1H3. The summed E-state index contributed by atoms with van der Waals surface area (Å²) >= 11 is 0. The summed E-state index contributed by atoms with van der Waals surface area (Å²) in [5.74, 6) is 0.885. The number of nitrogens with zero attached hydrogens (tertiary/aromatic N) is 5. The van der Waals surface area contributed by atoms with Gasteiger partial charge in [0.1, 0.15) is 12.1 Å². The number of benzene rings is 2. The van der Waals surface area contributed by atoms with Crippen LogP contribution in [0, 0.1) is 5.82 Å². The van der Waals surface area contributed by atoms with Crippen molar-refractivity contribution in [2.45, 2.75) is 13.0 Å². The van der Waals surface area contributed by atoms with Gasteiger partial charge in [0, 0.05) is 6.42 Å². The number of rotatable bonds is 5.